The molecule has 0 atom stereocenters. The van der Waals surface area contributed by atoms with Crippen LogP contribution in [0.1, 0.15) is 17.4 Å². The molecule has 6 heteroatoms. The van der Waals surface area contributed by atoms with E-state index in [0.29, 0.717) is 15.6 Å². The van der Waals surface area contributed by atoms with E-state index in [1.165, 1.54) is 11.3 Å². The Morgan fingerprint density at radius 1 is 1.26 bits per heavy atom. The first-order valence-corrected chi connectivity index (χ1v) is 8.20. The third kappa shape index (κ3) is 3.08. The second-order valence-corrected chi connectivity index (χ2v) is 7.43. The molecule has 0 bridgehead atoms. The predicted molar refractivity (Wildman–Crippen MR) is 80.1 cm³/mol. The van der Waals surface area contributed by atoms with E-state index in [2.05, 4.69) is 4.72 Å². The van der Waals surface area contributed by atoms with Crippen molar-refractivity contribution in [3.8, 4) is 0 Å². The van der Waals surface area contributed by atoms with E-state index < -0.39 is 10.0 Å². The van der Waals surface area contributed by atoms with E-state index in [9.17, 15) is 8.42 Å². The van der Waals surface area contributed by atoms with Gasteiger partial charge in [-0.2, -0.15) is 0 Å². The second kappa shape index (κ2) is 5.22. The first-order chi connectivity index (χ1) is 8.92. The molecule has 19 heavy (non-hydrogen) atoms. The molecule has 0 saturated heterocycles. The Labute approximate surface area is 117 Å². The quantitative estimate of drug-likeness (QED) is 0.852. The fourth-order valence-corrected chi connectivity index (χ4v) is 4.08. The van der Waals surface area contributed by atoms with E-state index in [-0.39, 0.29) is 0 Å². The molecule has 0 unspecified atom stereocenters. The zero-order chi connectivity index (χ0) is 14.0. The maximum atomic E-state index is 12.1. The van der Waals surface area contributed by atoms with E-state index in [1.54, 1.807) is 24.3 Å². The molecule has 1 aromatic heterocycles. The molecule has 102 valence electrons. The minimum Gasteiger partial charge on any atom is -0.398 e. The van der Waals surface area contributed by atoms with Gasteiger partial charge in [0, 0.05) is 10.6 Å². The van der Waals surface area contributed by atoms with Crippen molar-refractivity contribution in [1.82, 2.24) is 0 Å². The van der Waals surface area contributed by atoms with Crippen LogP contribution in [0.25, 0.3) is 0 Å². The monoisotopic (exact) mass is 296 g/mol. The highest BCUT2D eigenvalue weighted by molar-refractivity contribution is 7.94. The number of sulfonamides is 1. The van der Waals surface area contributed by atoms with Crippen LogP contribution in [0.2, 0.25) is 0 Å². The lowest BCUT2D eigenvalue weighted by Crippen LogP contribution is -2.11. The summed E-state index contributed by atoms with van der Waals surface area (Å²) in [6.07, 6.45) is 0.822. The third-order valence-electron chi connectivity index (χ3n) is 2.76. The molecule has 4 nitrogen and oxygen atoms in total. The van der Waals surface area contributed by atoms with Gasteiger partial charge in [-0.25, -0.2) is 8.42 Å². The number of rotatable bonds is 4. The first kappa shape index (κ1) is 13.9. The van der Waals surface area contributed by atoms with Gasteiger partial charge in [-0.15, -0.1) is 11.3 Å². The lowest BCUT2D eigenvalue weighted by atomic mass is 10.1. The lowest BCUT2D eigenvalue weighted by Gasteiger charge is -2.09. The Morgan fingerprint density at radius 2 is 2.00 bits per heavy atom. The van der Waals surface area contributed by atoms with Crippen LogP contribution in [0.4, 0.5) is 11.4 Å². The Morgan fingerprint density at radius 3 is 2.53 bits per heavy atom. The molecule has 2 aromatic rings. The topological polar surface area (TPSA) is 72.2 Å². The van der Waals surface area contributed by atoms with Crippen molar-refractivity contribution in [3.63, 3.8) is 0 Å². The van der Waals surface area contributed by atoms with Crippen molar-refractivity contribution in [2.75, 3.05) is 10.5 Å². The number of thiophene rings is 1. The number of nitrogens with two attached hydrogens (primary N) is 1. The largest absolute Gasteiger partial charge is 0.398 e. The second-order valence-electron chi connectivity index (χ2n) is 4.24. The fourth-order valence-electron chi connectivity index (χ4n) is 1.74. The normalized spacial score (nSPS) is 11.5. The number of benzene rings is 1. The van der Waals surface area contributed by atoms with E-state index in [0.717, 1.165) is 16.9 Å². The molecule has 0 aliphatic carbocycles. The molecule has 0 aliphatic heterocycles. The van der Waals surface area contributed by atoms with Crippen LogP contribution < -0.4 is 10.5 Å². The summed E-state index contributed by atoms with van der Waals surface area (Å²) < 4.78 is 27.1. The standard InChI is InChI=1S/C13H16N2O2S2/c1-3-10-5-6-11(8-12(10)14)15-19(16,17)13-7-4-9(2)18-13/h4-8,15H,3,14H2,1-2H3. The summed E-state index contributed by atoms with van der Waals surface area (Å²) in [7, 11) is -3.52. The Balaban J connectivity index is 2.28. The Hall–Kier alpha value is -1.53. The Bertz CT molecular complexity index is 690. The van der Waals surface area contributed by atoms with Crippen molar-refractivity contribution >= 4 is 32.7 Å². The van der Waals surface area contributed by atoms with Crippen LogP contribution in [-0.4, -0.2) is 8.42 Å². The van der Waals surface area contributed by atoms with E-state index in [1.807, 2.05) is 19.9 Å². The van der Waals surface area contributed by atoms with Gasteiger partial charge in [0.25, 0.3) is 10.0 Å². The SMILES string of the molecule is CCc1ccc(NS(=O)(=O)c2ccc(C)s2)cc1N. The molecule has 0 aliphatic rings. The minimum absolute atomic E-state index is 0.308. The van der Waals surface area contributed by atoms with Crippen LogP contribution in [0.3, 0.4) is 0 Å². The minimum atomic E-state index is -3.52. The van der Waals surface area contributed by atoms with Crippen LogP contribution in [-0.2, 0) is 16.4 Å². The van der Waals surface area contributed by atoms with Crippen LogP contribution in [0.15, 0.2) is 34.5 Å². The van der Waals surface area contributed by atoms with Gasteiger partial charge in [0.2, 0.25) is 0 Å². The summed E-state index contributed by atoms with van der Waals surface area (Å²) in [5, 5.41) is 0. The molecule has 0 fully saturated rings. The molecule has 1 aromatic carbocycles. The van der Waals surface area contributed by atoms with E-state index >= 15 is 0 Å². The smallest absolute Gasteiger partial charge is 0.271 e. The number of nitrogens with one attached hydrogen (secondary N) is 1. The molecular formula is C13H16N2O2S2. The summed E-state index contributed by atoms with van der Waals surface area (Å²) >= 11 is 1.24. The summed E-state index contributed by atoms with van der Waals surface area (Å²) in [4.78, 5) is 0.959. The predicted octanol–water partition coefficient (Wildman–Crippen LogP) is 3.00. The maximum absolute atomic E-state index is 12.1. The fraction of sp³-hybridized carbons (Fsp3) is 0.231. The van der Waals surface area contributed by atoms with Gasteiger partial charge in [0.05, 0.1) is 5.69 Å². The molecule has 0 amide bonds. The highest BCUT2D eigenvalue weighted by Crippen LogP contribution is 2.25. The number of aryl methyl sites for hydroxylation is 2. The van der Waals surface area contributed by atoms with E-state index in [4.69, 9.17) is 5.73 Å². The third-order valence-corrected chi connectivity index (χ3v) is 5.63. The average Bonchev–Trinajstić information content (AvgIpc) is 2.76. The highest BCUT2D eigenvalue weighted by Gasteiger charge is 2.16. The number of anilines is 2. The van der Waals surface area contributed by atoms with Gasteiger partial charge < -0.3 is 5.73 Å². The van der Waals surface area contributed by atoms with Crippen LogP contribution in [0, 0.1) is 6.92 Å². The number of hydrogen-bond acceptors (Lipinski definition) is 4. The molecule has 0 saturated carbocycles. The molecular weight excluding hydrogens is 280 g/mol. The zero-order valence-electron chi connectivity index (χ0n) is 10.8. The molecule has 3 N–H and O–H groups in total. The summed E-state index contributed by atoms with van der Waals surface area (Å²) in [6.45, 7) is 3.88. The van der Waals surface area contributed by atoms with Crippen LogP contribution in [0.5, 0.6) is 0 Å². The number of nitrogen functional groups attached to an aromatic ring is 1. The molecule has 2 rings (SSSR count). The summed E-state index contributed by atoms with van der Waals surface area (Å²) in [5.41, 5.74) is 7.96. The van der Waals surface area contributed by atoms with Crippen molar-refractivity contribution in [3.05, 3.63) is 40.8 Å². The molecule has 0 spiro atoms. The molecule has 1 heterocycles. The van der Waals surface area contributed by atoms with Gasteiger partial charge in [-0.05, 0) is 43.2 Å². The highest BCUT2D eigenvalue weighted by atomic mass is 32.2. The van der Waals surface area contributed by atoms with Gasteiger partial charge in [-0.1, -0.05) is 13.0 Å². The maximum Gasteiger partial charge on any atom is 0.271 e. The zero-order valence-corrected chi connectivity index (χ0v) is 12.4. The number of hydrogen-bond donors (Lipinski definition) is 2. The lowest BCUT2D eigenvalue weighted by molar-refractivity contribution is 0.603. The summed E-state index contributed by atoms with van der Waals surface area (Å²) in [6, 6.07) is 8.61. The average molecular weight is 296 g/mol. The van der Waals surface area contributed by atoms with Gasteiger partial charge >= 0.3 is 0 Å². The van der Waals surface area contributed by atoms with Crippen LogP contribution >= 0.6 is 11.3 Å². The molecule has 0 radical (unpaired) electrons. The van der Waals surface area contributed by atoms with Crippen molar-refractivity contribution in [2.45, 2.75) is 24.5 Å². The Kier molecular flexibility index (Phi) is 3.82. The van der Waals surface area contributed by atoms with Crippen molar-refractivity contribution in [1.29, 1.82) is 0 Å². The first-order valence-electron chi connectivity index (χ1n) is 5.90. The van der Waals surface area contributed by atoms with Gasteiger partial charge in [0.15, 0.2) is 0 Å². The van der Waals surface area contributed by atoms with Gasteiger partial charge in [0.1, 0.15) is 4.21 Å². The van der Waals surface area contributed by atoms with Crippen molar-refractivity contribution < 1.29 is 8.42 Å². The summed E-state index contributed by atoms with van der Waals surface area (Å²) in [5.74, 6) is 0. The van der Waals surface area contributed by atoms with Crippen molar-refractivity contribution in [2.24, 2.45) is 0 Å². The van der Waals surface area contributed by atoms with Gasteiger partial charge in [-0.3, -0.25) is 4.72 Å².